The second kappa shape index (κ2) is 9.09. The Morgan fingerprint density at radius 2 is 1.48 bits per heavy atom. The van der Waals surface area contributed by atoms with Gasteiger partial charge in [-0.2, -0.15) is 10.1 Å². The summed E-state index contributed by atoms with van der Waals surface area (Å²) in [5.74, 6) is 0. The van der Waals surface area contributed by atoms with Gasteiger partial charge in [0.05, 0.1) is 25.9 Å². The summed E-state index contributed by atoms with van der Waals surface area (Å²) in [5.41, 5.74) is 2.40. The van der Waals surface area contributed by atoms with Crippen LogP contribution in [0.3, 0.4) is 0 Å². The first-order valence-electron chi connectivity index (χ1n) is 9.79. The minimum absolute atomic E-state index is 0.0953. The second-order valence-corrected chi connectivity index (χ2v) is 7.07. The van der Waals surface area contributed by atoms with Crippen LogP contribution in [0.1, 0.15) is 0 Å². The third-order valence-electron chi connectivity index (χ3n) is 4.92. The van der Waals surface area contributed by atoms with Gasteiger partial charge in [0, 0.05) is 30.8 Å². The first-order chi connectivity index (χ1) is 14.2. The Labute approximate surface area is 169 Å². The summed E-state index contributed by atoms with van der Waals surface area (Å²) in [4.78, 5) is 19.1. The molecular formula is C22H24N4O3. The van der Waals surface area contributed by atoms with Gasteiger partial charge < -0.3 is 9.84 Å². The molecule has 0 radical (unpaired) electrons. The molecule has 150 valence electrons. The average molecular weight is 392 g/mol. The molecule has 3 aromatic rings. The van der Waals surface area contributed by atoms with Crippen LogP contribution in [-0.4, -0.2) is 63.7 Å². The summed E-state index contributed by atoms with van der Waals surface area (Å²) in [7, 11) is 0. The number of aromatic nitrogens is 3. The van der Waals surface area contributed by atoms with E-state index in [-0.39, 0.29) is 6.54 Å². The molecule has 1 aliphatic heterocycles. The Morgan fingerprint density at radius 3 is 2.10 bits per heavy atom. The molecule has 1 fully saturated rings. The van der Waals surface area contributed by atoms with Gasteiger partial charge in [-0.3, -0.25) is 4.90 Å². The van der Waals surface area contributed by atoms with E-state index in [1.54, 1.807) is 0 Å². The van der Waals surface area contributed by atoms with Crippen LogP contribution < -0.4 is 5.69 Å². The van der Waals surface area contributed by atoms with Crippen LogP contribution in [0, 0.1) is 0 Å². The molecule has 2 aromatic carbocycles. The van der Waals surface area contributed by atoms with E-state index in [0.717, 1.165) is 24.2 Å². The quantitative estimate of drug-likeness (QED) is 0.687. The highest BCUT2D eigenvalue weighted by Crippen LogP contribution is 2.27. The second-order valence-electron chi connectivity index (χ2n) is 7.07. The van der Waals surface area contributed by atoms with Crippen molar-refractivity contribution in [1.82, 2.24) is 19.7 Å². The normalized spacial score (nSPS) is 15.9. The van der Waals surface area contributed by atoms with Crippen molar-refractivity contribution in [2.24, 2.45) is 0 Å². The lowest BCUT2D eigenvalue weighted by molar-refractivity contribution is 0.0105. The third-order valence-corrected chi connectivity index (χ3v) is 4.92. The third kappa shape index (κ3) is 4.76. The minimum atomic E-state index is -0.716. The van der Waals surface area contributed by atoms with Gasteiger partial charge in [-0.25, -0.2) is 9.48 Å². The molecule has 1 saturated heterocycles. The maximum atomic E-state index is 12.7. The zero-order valence-electron chi connectivity index (χ0n) is 16.1. The molecule has 7 heteroatoms. The van der Waals surface area contributed by atoms with Crippen LogP contribution in [0.2, 0.25) is 0 Å². The van der Waals surface area contributed by atoms with Crippen molar-refractivity contribution in [3.8, 4) is 22.5 Å². The molecule has 7 nitrogen and oxygen atoms in total. The SMILES string of the molecule is O=c1nc(-c2ccccc2)c(-c2ccccc2)nn1CC(O)CN1CCOCC1. The maximum Gasteiger partial charge on any atom is 0.364 e. The van der Waals surface area contributed by atoms with Gasteiger partial charge in [0.15, 0.2) is 0 Å². The van der Waals surface area contributed by atoms with Crippen molar-refractivity contribution in [2.45, 2.75) is 12.6 Å². The molecule has 0 amide bonds. The predicted molar refractivity (Wildman–Crippen MR) is 110 cm³/mol. The Bertz CT molecular complexity index is 986. The molecule has 0 saturated carbocycles. The number of benzene rings is 2. The fourth-order valence-electron chi connectivity index (χ4n) is 3.46. The summed E-state index contributed by atoms with van der Waals surface area (Å²) in [6.45, 7) is 3.45. The molecule has 0 spiro atoms. The number of aliphatic hydroxyl groups is 1. The molecule has 1 N–H and O–H groups in total. The molecule has 4 rings (SSSR count). The summed E-state index contributed by atoms with van der Waals surface area (Å²) in [6.07, 6.45) is -0.716. The Kier molecular flexibility index (Phi) is 6.09. The van der Waals surface area contributed by atoms with E-state index in [4.69, 9.17) is 4.74 Å². The van der Waals surface area contributed by atoms with Gasteiger partial charge in [0.1, 0.15) is 11.4 Å². The Morgan fingerprint density at radius 1 is 0.897 bits per heavy atom. The lowest BCUT2D eigenvalue weighted by Gasteiger charge is -2.28. The van der Waals surface area contributed by atoms with E-state index in [2.05, 4.69) is 15.0 Å². The van der Waals surface area contributed by atoms with Crippen LogP contribution in [0.4, 0.5) is 0 Å². The predicted octanol–water partition coefficient (Wildman–Crippen LogP) is 1.67. The number of β-amino-alcohol motifs (C(OH)–C–C–N with tert-alkyl or cyclic N) is 1. The molecule has 1 atom stereocenters. The largest absolute Gasteiger partial charge is 0.390 e. The molecule has 0 bridgehead atoms. The molecular weight excluding hydrogens is 368 g/mol. The van der Waals surface area contributed by atoms with Gasteiger partial charge >= 0.3 is 5.69 Å². The fraction of sp³-hybridized carbons (Fsp3) is 0.318. The minimum Gasteiger partial charge on any atom is -0.390 e. The zero-order valence-corrected chi connectivity index (χ0v) is 16.1. The molecule has 1 aliphatic rings. The van der Waals surface area contributed by atoms with Gasteiger partial charge in [0.25, 0.3) is 0 Å². The summed E-state index contributed by atoms with van der Waals surface area (Å²) in [6, 6.07) is 19.2. The number of ether oxygens (including phenoxy) is 1. The highest BCUT2D eigenvalue weighted by molar-refractivity contribution is 5.77. The standard InChI is InChI=1S/C22H24N4O3/c27-19(15-25-11-13-29-14-12-25)16-26-22(28)23-20(17-7-3-1-4-8-17)21(24-26)18-9-5-2-6-10-18/h1-10,19,27H,11-16H2. The smallest absolute Gasteiger partial charge is 0.364 e. The van der Waals surface area contributed by atoms with Crippen LogP contribution >= 0.6 is 0 Å². The summed E-state index contributed by atoms with van der Waals surface area (Å²) < 4.78 is 6.60. The van der Waals surface area contributed by atoms with E-state index in [1.165, 1.54) is 4.68 Å². The van der Waals surface area contributed by atoms with Crippen molar-refractivity contribution in [1.29, 1.82) is 0 Å². The Balaban J connectivity index is 1.66. The molecule has 0 aliphatic carbocycles. The van der Waals surface area contributed by atoms with Gasteiger partial charge in [-0.15, -0.1) is 0 Å². The average Bonchev–Trinajstić information content (AvgIpc) is 2.77. The van der Waals surface area contributed by atoms with Gasteiger partial charge in [0.2, 0.25) is 0 Å². The van der Waals surface area contributed by atoms with E-state index in [0.29, 0.717) is 31.1 Å². The monoisotopic (exact) mass is 392 g/mol. The van der Waals surface area contributed by atoms with E-state index in [9.17, 15) is 9.90 Å². The summed E-state index contributed by atoms with van der Waals surface area (Å²) in [5, 5.41) is 15.1. The number of aliphatic hydroxyl groups excluding tert-OH is 1. The van der Waals surface area contributed by atoms with E-state index >= 15 is 0 Å². The van der Waals surface area contributed by atoms with Crippen molar-refractivity contribution in [3.63, 3.8) is 0 Å². The van der Waals surface area contributed by atoms with Gasteiger partial charge in [-0.05, 0) is 0 Å². The zero-order chi connectivity index (χ0) is 20.1. The van der Waals surface area contributed by atoms with Crippen LogP contribution in [0.25, 0.3) is 22.5 Å². The van der Waals surface area contributed by atoms with Crippen LogP contribution in [-0.2, 0) is 11.3 Å². The van der Waals surface area contributed by atoms with Crippen LogP contribution in [0.15, 0.2) is 65.5 Å². The first-order valence-corrected chi connectivity index (χ1v) is 9.79. The molecule has 1 aromatic heterocycles. The van der Waals surface area contributed by atoms with Crippen LogP contribution in [0.5, 0.6) is 0 Å². The van der Waals surface area contributed by atoms with Crippen molar-refractivity contribution in [2.75, 3.05) is 32.8 Å². The van der Waals surface area contributed by atoms with Gasteiger partial charge in [-0.1, -0.05) is 60.7 Å². The fourth-order valence-corrected chi connectivity index (χ4v) is 3.46. The van der Waals surface area contributed by atoms with Crippen molar-refractivity contribution < 1.29 is 9.84 Å². The molecule has 29 heavy (non-hydrogen) atoms. The number of morpholine rings is 1. The number of rotatable bonds is 6. The van der Waals surface area contributed by atoms with Crippen molar-refractivity contribution in [3.05, 3.63) is 71.1 Å². The maximum absolute atomic E-state index is 12.7. The number of hydrogen-bond acceptors (Lipinski definition) is 6. The molecule has 1 unspecified atom stereocenters. The number of hydrogen-bond donors (Lipinski definition) is 1. The van der Waals surface area contributed by atoms with E-state index < -0.39 is 11.8 Å². The number of nitrogens with zero attached hydrogens (tertiary/aromatic N) is 4. The highest BCUT2D eigenvalue weighted by atomic mass is 16.5. The lowest BCUT2D eigenvalue weighted by Crippen LogP contribution is -2.43. The van der Waals surface area contributed by atoms with E-state index in [1.807, 2.05) is 60.7 Å². The first kappa shape index (κ1) is 19.4. The summed E-state index contributed by atoms with van der Waals surface area (Å²) >= 11 is 0. The molecule has 2 heterocycles. The Hall–Kier alpha value is -2.87. The highest BCUT2D eigenvalue weighted by Gasteiger charge is 2.19. The topological polar surface area (TPSA) is 80.5 Å². The lowest BCUT2D eigenvalue weighted by atomic mass is 10.0. The van der Waals surface area contributed by atoms with Crippen molar-refractivity contribution >= 4 is 0 Å².